The Labute approximate surface area is 657 Å². The Balaban J connectivity index is 0.000000240. The third-order valence-electron chi connectivity index (χ3n) is 14.4. The number of esters is 2. The van der Waals surface area contributed by atoms with Gasteiger partial charge in [-0.15, -0.1) is 16.6 Å². The lowest BCUT2D eigenvalue weighted by atomic mass is 9.94. The van der Waals surface area contributed by atoms with Gasteiger partial charge in [0.05, 0.1) is 103 Å². The lowest BCUT2D eigenvalue weighted by Crippen LogP contribution is -2.23. The molecule has 0 spiro atoms. The average Bonchev–Trinajstić information content (AvgIpc) is 1.63. The molecule has 10 N–H and O–H groups in total. The Morgan fingerprint density at radius 1 is 0.558 bits per heavy atom. The number of terminal acetylenes is 1. The number of amides is 1. The number of carboxylic acids is 1. The molecule has 0 unspecified atom stereocenters. The number of nitrogens with zero attached hydrogens (tertiary/aromatic N) is 8. The molecule has 8 aromatic rings. The highest BCUT2D eigenvalue weighted by atomic mass is 127. The molecule has 6 aromatic carbocycles. The van der Waals surface area contributed by atoms with Crippen molar-refractivity contribution in [3.63, 3.8) is 0 Å². The SMILES string of the molecule is C#CC(C)(C)C(=O)OC.CC(C)(C#Cc1ccc(N)c(Cl)c1)CO.CC(C)(C#Cc1ccc(NC(=O)CSc2nnnn2-c2ccc(C3CC3)cc2Cl)c(Cl)c1)CO.COC(=O)C(C)(C)C#Cc1ccc(N)c(Cl)c1.Nc1ccc(I)cc1Cl.O=C(O)CSc1nnnn1-c1ccc(C2CC2)cc1Cl. The van der Waals surface area contributed by atoms with Gasteiger partial charge in [0, 0.05) is 31.1 Å². The number of tetrazole rings is 2. The number of aliphatic hydroxyl groups is 2. The summed E-state index contributed by atoms with van der Waals surface area (Å²) in [6.45, 7) is 14.1. The first kappa shape index (κ1) is 86.7. The molecule has 0 aliphatic heterocycles. The molecule has 2 aromatic heterocycles. The first-order valence-corrected chi connectivity index (χ1v) is 36.8. The molecule has 2 heterocycles. The molecule has 10 rings (SSSR count). The molecular formula is C74H77Cl6IN12O9S2. The lowest BCUT2D eigenvalue weighted by molar-refractivity contribution is -0.148. The molecule has 1 amide bonds. The second kappa shape index (κ2) is 40.5. The minimum atomic E-state index is -0.917. The van der Waals surface area contributed by atoms with Gasteiger partial charge in [0.2, 0.25) is 16.2 Å². The minimum absolute atomic E-state index is 0.0305. The van der Waals surface area contributed by atoms with Crippen molar-refractivity contribution in [3.8, 4) is 59.2 Å². The smallest absolute Gasteiger partial charge is 0.323 e. The van der Waals surface area contributed by atoms with E-state index in [0.717, 1.165) is 20.9 Å². The number of nitrogens with two attached hydrogens (primary N) is 3. The van der Waals surface area contributed by atoms with Gasteiger partial charge >= 0.3 is 17.9 Å². The molecule has 2 fully saturated rings. The van der Waals surface area contributed by atoms with Crippen LogP contribution in [-0.4, -0.2) is 118 Å². The highest BCUT2D eigenvalue weighted by molar-refractivity contribution is 14.1. The van der Waals surface area contributed by atoms with Crippen molar-refractivity contribution < 1.29 is 44.0 Å². The molecule has 0 bridgehead atoms. The van der Waals surface area contributed by atoms with E-state index in [1.165, 1.54) is 72.2 Å². The van der Waals surface area contributed by atoms with Crippen molar-refractivity contribution in [1.82, 2.24) is 40.4 Å². The van der Waals surface area contributed by atoms with Gasteiger partial charge in [-0.05, 0) is 245 Å². The number of benzene rings is 6. The minimum Gasteiger partial charge on any atom is -0.481 e. The van der Waals surface area contributed by atoms with Crippen LogP contribution in [0.25, 0.3) is 11.4 Å². The largest absolute Gasteiger partial charge is 0.481 e. The van der Waals surface area contributed by atoms with E-state index >= 15 is 0 Å². The maximum atomic E-state index is 12.5. The summed E-state index contributed by atoms with van der Waals surface area (Å²) in [6, 6.07) is 32.8. The van der Waals surface area contributed by atoms with Crippen LogP contribution in [-0.2, 0) is 28.7 Å². The van der Waals surface area contributed by atoms with Crippen molar-refractivity contribution >= 4 is 162 Å². The van der Waals surface area contributed by atoms with Gasteiger partial charge in [-0.1, -0.05) is 147 Å². The molecule has 21 nitrogen and oxygen atoms in total. The molecule has 2 aliphatic rings. The zero-order valence-corrected chi connectivity index (χ0v) is 66.7. The number of thioether (sulfide) groups is 2. The van der Waals surface area contributed by atoms with E-state index in [0.29, 0.717) is 97.5 Å². The molecule has 2 aliphatic carbocycles. The van der Waals surface area contributed by atoms with Gasteiger partial charge < -0.3 is 47.3 Å². The molecule has 2 saturated carbocycles. The fraction of sp³-hybridized carbons (Fsp3) is 0.324. The maximum absolute atomic E-state index is 12.5. The summed E-state index contributed by atoms with van der Waals surface area (Å²) in [5.41, 5.74) is 22.2. The average molecular weight is 1680 g/mol. The van der Waals surface area contributed by atoms with Crippen LogP contribution < -0.4 is 22.5 Å². The van der Waals surface area contributed by atoms with E-state index in [4.69, 9.17) is 103 Å². The zero-order valence-electron chi connectivity index (χ0n) is 58.3. The van der Waals surface area contributed by atoms with Gasteiger partial charge in [-0.25, -0.2) is 0 Å². The molecule has 0 radical (unpaired) electrons. The summed E-state index contributed by atoms with van der Waals surface area (Å²) >= 11 is 40.9. The zero-order chi connectivity index (χ0) is 77.3. The number of anilines is 4. The second-order valence-electron chi connectivity index (χ2n) is 25.3. The third kappa shape index (κ3) is 28.5. The van der Waals surface area contributed by atoms with E-state index in [-0.39, 0.29) is 42.6 Å². The highest BCUT2D eigenvalue weighted by Crippen LogP contribution is 2.43. The van der Waals surface area contributed by atoms with Crippen molar-refractivity contribution in [1.29, 1.82) is 0 Å². The topological polar surface area (TPSA) is 325 Å². The quantitative estimate of drug-likeness (QED) is 0.0165. The number of aliphatic hydroxyl groups excluding tert-OH is 2. The van der Waals surface area contributed by atoms with E-state index in [2.05, 4.69) is 110 Å². The van der Waals surface area contributed by atoms with Crippen molar-refractivity contribution in [3.05, 3.63) is 171 Å². The first-order valence-electron chi connectivity index (χ1n) is 31.5. The monoisotopic (exact) mass is 1680 g/mol. The number of hydrogen-bond donors (Lipinski definition) is 7. The third-order valence-corrected chi connectivity index (χ3v) is 18.8. The van der Waals surface area contributed by atoms with Gasteiger partial charge in [-0.2, -0.15) is 9.36 Å². The molecule has 548 valence electrons. The number of rotatable bonds is 15. The predicted molar refractivity (Wildman–Crippen MR) is 425 cm³/mol. The molecule has 30 heteroatoms. The molecular weight excluding hydrogens is 1600 g/mol. The number of carboxylic acid groups (broad SMARTS) is 1. The number of hydrogen-bond acceptors (Lipinski definition) is 19. The van der Waals surface area contributed by atoms with Crippen LogP contribution in [0, 0.1) is 73.1 Å². The fourth-order valence-electron chi connectivity index (χ4n) is 7.83. The van der Waals surface area contributed by atoms with E-state index < -0.39 is 27.6 Å². The summed E-state index contributed by atoms with van der Waals surface area (Å²) < 4.78 is 13.2. The summed E-state index contributed by atoms with van der Waals surface area (Å²) in [5.74, 6) is 19.3. The van der Waals surface area contributed by atoms with Gasteiger partial charge in [0.25, 0.3) is 0 Å². The Morgan fingerprint density at radius 2 is 0.952 bits per heavy atom. The van der Waals surface area contributed by atoms with Crippen LogP contribution in [0.2, 0.25) is 30.1 Å². The standard InChI is InChI=1S/C24H23Cl2N5O2S.C13H14ClNO2.C12H11ClN4O2S.C12H14ClNO.C7H10O2.C6H5ClIN/c1-24(2,14-32)10-9-15-3-7-20(18(25)11-15)27-22(33)13-34-23-28-29-30-31(23)21-8-6-17(12-19(21)26)16-4-5-16;1-13(2,12(16)17-3)7-6-9-4-5-11(15)10(14)8-9;13-9-5-8(7-1-2-7)3-4-10(9)17-12(14-15-16-17)20-6-11(18)19;1-12(2,8-15)6-5-9-3-4-11(14)10(13)7-9;1-5-7(2,3)6(8)9-4;7-5-3-4(8)1-2-6(5)9/h3,6-8,11-12,16,32H,4-5,13-14H2,1-2H3,(H,27,33);4-5,8H,15H2,1-3H3;3-5,7H,1-2,6H2,(H,18,19);3-4,7,15H,8,14H2,1-2H3;1H,2-4H3;1-3H,9H2. The second-order valence-corrected chi connectivity index (χ2v) is 30.9. The maximum Gasteiger partial charge on any atom is 0.323 e. The van der Waals surface area contributed by atoms with E-state index in [1.807, 2.05) is 82.3 Å². The highest BCUT2D eigenvalue weighted by Gasteiger charge is 2.28. The Kier molecular flexibility index (Phi) is 33.8. The van der Waals surface area contributed by atoms with E-state index in [9.17, 15) is 24.3 Å². The number of nitrogens with one attached hydrogen (secondary N) is 1. The first-order chi connectivity index (χ1) is 48.9. The fourth-order valence-corrected chi connectivity index (χ4v) is 11.1. The Bertz CT molecular complexity index is 4600. The van der Waals surface area contributed by atoms with E-state index in [1.54, 1.807) is 82.3 Å². The Hall–Kier alpha value is -7.93. The Morgan fingerprint density at radius 3 is 1.31 bits per heavy atom. The number of ether oxygens (including phenoxy) is 2. The number of methoxy groups -OCH3 is 2. The van der Waals surface area contributed by atoms with Crippen molar-refractivity contribution in [2.24, 2.45) is 21.7 Å². The van der Waals surface area contributed by atoms with Gasteiger partial charge in [-0.3, -0.25) is 19.2 Å². The number of halogens is 7. The number of aromatic nitrogens is 8. The molecule has 0 atom stereocenters. The molecule has 0 saturated heterocycles. The number of nitrogen functional groups attached to an aromatic ring is 3. The number of carbonyl (C=O) groups is 4. The van der Waals surface area contributed by atoms with Crippen LogP contribution in [0.4, 0.5) is 22.7 Å². The summed E-state index contributed by atoms with van der Waals surface area (Å²) in [5, 5.41) is 56.9. The normalized spacial score (nSPS) is 12.1. The number of carbonyl (C=O) groups excluding carboxylic acids is 3. The predicted octanol–water partition coefficient (Wildman–Crippen LogP) is 15.4. The van der Waals surface area contributed by atoms with Crippen LogP contribution >= 0.6 is 116 Å². The van der Waals surface area contributed by atoms with Crippen molar-refractivity contribution in [2.75, 3.05) is 61.5 Å². The van der Waals surface area contributed by atoms with Crippen LogP contribution in [0.3, 0.4) is 0 Å². The summed E-state index contributed by atoms with van der Waals surface area (Å²) in [6.07, 6.45) is 9.84. The molecule has 104 heavy (non-hydrogen) atoms. The van der Waals surface area contributed by atoms with Crippen LogP contribution in [0.1, 0.15) is 121 Å². The summed E-state index contributed by atoms with van der Waals surface area (Å²) in [4.78, 5) is 45.2. The van der Waals surface area contributed by atoms with Crippen LogP contribution in [0.15, 0.2) is 120 Å². The lowest BCUT2D eigenvalue weighted by Gasteiger charge is -2.13. The van der Waals surface area contributed by atoms with Gasteiger partial charge in [0.15, 0.2) is 0 Å². The number of aliphatic carboxylic acids is 1. The van der Waals surface area contributed by atoms with Gasteiger partial charge in [0.1, 0.15) is 10.8 Å². The summed E-state index contributed by atoms with van der Waals surface area (Å²) in [7, 11) is 2.66. The van der Waals surface area contributed by atoms with Crippen LogP contribution in [0.5, 0.6) is 0 Å². The van der Waals surface area contributed by atoms with Crippen molar-refractivity contribution in [2.45, 2.75) is 103 Å².